The molecule has 4 atom stereocenters. The molecule has 1 heterocycles. The molecule has 2 aliphatic rings. The molecule has 1 aliphatic carbocycles. The third-order valence-corrected chi connectivity index (χ3v) is 4.42. The van der Waals surface area contributed by atoms with Gasteiger partial charge in [0.05, 0.1) is 25.4 Å². The molecule has 0 amide bonds. The molecule has 4 unspecified atom stereocenters. The van der Waals surface area contributed by atoms with Crippen LogP contribution < -0.4 is 5.32 Å². The van der Waals surface area contributed by atoms with E-state index in [1.54, 1.807) is 0 Å². The van der Waals surface area contributed by atoms with Gasteiger partial charge in [0.1, 0.15) is 0 Å². The summed E-state index contributed by atoms with van der Waals surface area (Å²) in [5.74, 6) is 0.613. The van der Waals surface area contributed by atoms with Gasteiger partial charge >= 0.3 is 0 Å². The summed E-state index contributed by atoms with van der Waals surface area (Å²) >= 11 is 0. The molecule has 1 saturated heterocycles. The lowest BCUT2D eigenvalue weighted by atomic mass is 9.94. The number of methoxy groups -OCH3 is 1. The van der Waals surface area contributed by atoms with Gasteiger partial charge in [0, 0.05) is 25.7 Å². The SMILES string of the molecule is CCNC(COC1CCCC(OC)C1)C1CCOC1. The molecule has 1 saturated carbocycles. The van der Waals surface area contributed by atoms with Gasteiger partial charge in [-0.15, -0.1) is 0 Å². The van der Waals surface area contributed by atoms with Gasteiger partial charge in [0.25, 0.3) is 0 Å². The second-order valence-electron chi connectivity index (χ2n) is 5.77. The predicted octanol–water partition coefficient (Wildman–Crippen LogP) is 1.98. The fourth-order valence-electron chi connectivity index (χ4n) is 3.20. The fourth-order valence-corrected chi connectivity index (χ4v) is 3.20. The molecule has 2 rings (SSSR count). The quantitative estimate of drug-likeness (QED) is 0.768. The molecule has 4 nitrogen and oxygen atoms in total. The zero-order chi connectivity index (χ0) is 13.5. The topological polar surface area (TPSA) is 39.7 Å². The van der Waals surface area contributed by atoms with Gasteiger partial charge in [-0.25, -0.2) is 0 Å². The van der Waals surface area contributed by atoms with Crippen molar-refractivity contribution >= 4 is 0 Å². The first kappa shape index (κ1) is 15.2. The standard InChI is InChI=1S/C15H29NO3/c1-3-16-15(12-7-8-18-10-12)11-19-14-6-4-5-13(9-14)17-2/h12-16H,3-11H2,1-2H3. The highest BCUT2D eigenvalue weighted by atomic mass is 16.5. The maximum absolute atomic E-state index is 6.14. The molecule has 1 N–H and O–H groups in total. The minimum absolute atomic E-state index is 0.377. The zero-order valence-corrected chi connectivity index (χ0v) is 12.4. The molecule has 0 radical (unpaired) electrons. The molecule has 0 bridgehead atoms. The van der Waals surface area contributed by atoms with Gasteiger partial charge < -0.3 is 19.5 Å². The maximum Gasteiger partial charge on any atom is 0.0626 e. The average Bonchev–Trinajstić information content (AvgIpc) is 2.97. The smallest absolute Gasteiger partial charge is 0.0626 e. The predicted molar refractivity (Wildman–Crippen MR) is 75.4 cm³/mol. The lowest BCUT2D eigenvalue weighted by Crippen LogP contribution is -2.42. The molecule has 1 aliphatic heterocycles. The first-order valence-electron chi connectivity index (χ1n) is 7.79. The van der Waals surface area contributed by atoms with E-state index >= 15 is 0 Å². The van der Waals surface area contributed by atoms with Gasteiger partial charge in [0.15, 0.2) is 0 Å². The first-order chi connectivity index (χ1) is 9.33. The first-order valence-corrected chi connectivity index (χ1v) is 7.79. The molecular weight excluding hydrogens is 242 g/mol. The Morgan fingerprint density at radius 1 is 1.26 bits per heavy atom. The van der Waals surface area contributed by atoms with Gasteiger partial charge in [0.2, 0.25) is 0 Å². The Labute approximate surface area is 117 Å². The summed E-state index contributed by atoms with van der Waals surface area (Å²) < 4.78 is 17.1. The van der Waals surface area contributed by atoms with E-state index in [0.717, 1.165) is 39.2 Å². The second-order valence-corrected chi connectivity index (χ2v) is 5.77. The lowest BCUT2D eigenvalue weighted by molar-refractivity contribution is -0.0398. The van der Waals surface area contributed by atoms with Crippen LogP contribution in [0.1, 0.15) is 39.0 Å². The Kier molecular flexibility index (Phi) is 6.57. The van der Waals surface area contributed by atoms with Crippen molar-refractivity contribution in [2.24, 2.45) is 5.92 Å². The monoisotopic (exact) mass is 271 g/mol. The highest BCUT2D eigenvalue weighted by Crippen LogP contribution is 2.24. The minimum Gasteiger partial charge on any atom is -0.381 e. The molecular formula is C15H29NO3. The molecule has 0 aromatic rings. The van der Waals surface area contributed by atoms with E-state index in [9.17, 15) is 0 Å². The molecule has 0 aromatic heterocycles. The van der Waals surface area contributed by atoms with Crippen molar-refractivity contribution in [2.45, 2.75) is 57.3 Å². The summed E-state index contributed by atoms with van der Waals surface area (Å²) in [5, 5.41) is 3.55. The summed E-state index contributed by atoms with van der Waals surface area (Å²) in [4.78, 5) is 0. The third kappa shape index (κ3) is 4.71. The minimum atomic E-state index is 0.377. The zero-order valence-electron chi connectivity index (χ0n) is 12.4. The summed E-state index contributed by atoms with van der Waals surface area (Å²) in [5.41, 5.74) is 0. The van der Waals surface area contributed by atoms with Crippen LogP contribution in [0.25, 0.3) is 0 Å². The van der Waals surface area contributed by atoms with E-state index in [1.807, 2.05) is 7.11 Å². The number of rotatable bonds is 7. The fraction of sp³-hybridized carbons (Fsp3) is 1.00. The normalized spacial score (nSPS) is 33.5. The van der Waals surface area contributed by atoms with Crippen LogP contribution >= 0.6 is 0 Å². The van der Waals surface area contributed by atoms with Crippen molar-refractivity contribution in [3.05, 3.63) is 0 Å². The van der Waals surface area contributed by atoms with Crippen molar-refractivity contribution in [1.82, 2.24) is 5.32 Å². The lowest BCUT2D eigenvalue weighted by Gasteiger charge is -2.31. The molecule has 19 heavy (non-hydrogen) atoms. The van der Waals surface area contributed by atoms with Crippen LogP contribution in [0.4, 0.5) is 0 Å². The number of ether oxygens (including phenoxy) is 3. The van der Waals surface area contributed by atoms with Crippen LogP contribution in [0.2, 0.25) is 0 Å². The van der Waals surface area contributed by atoms with Crippen LogP contribution in [0.3, 0.4) is 0 Å². The van der Waals surface area contributed by atoms with Crippen molar-refractivity contribution in [3.8, 4) is 0 Å². The Hall–Kier alpha value is -0.160. The molecule has 2 fully saturated rings. The summed E-state index contributed by atoms with van der Waals surface area (Å²) in [6.07, 6.45) is 6.57. The summed E-state index contributed by atoms with van der Waals surface area (Å²) in [7, 11) is 1.81. The Morgan fingerprint density at radius 3 is 2.79 bits per heavy atom. The van der Waals surface area contributed by atoms with Gasteiger partial charge in [-0.05, 0) is 38.6 Å². The van der Waals surface area contributed by atoms with Crippen molar-refractivity contribution in [2.75, 3.05) is 33.5 Å². The largest absolute Gasteiger partial charge is 0.381 e. The molecule has 0 spiro atoms. The highest BCUT2D eigenvalue weighted by molar-refractivity contribution is 4.80. The van der Waals surface area contributed by atoms with E-state index in [-0.39, 0.29) is 0 Å². The number of nitrogens with one attached hydrogen (secondary N) is 1. The highest BCUT2D eigenvalue weighted by Gasteiger charge is 2.28. The van der Waals surface area contributed by atoms with Crippen molar-refractivity contribution in [3.63, 3.8) is 0 Å². The molecule has 112 valence electrons. The number of likely N-dealkylation sites (N-methyl/N-ethyl adjacent to an activating group) is 1. The number of hydrogen-bond acceptors (Lipinski definition) is 4. The summed E-state index contributed by atoms with van der Waals surface area (Å²) in [6.45, 7) is 5.75. The van der Waals surface area contributed by atoms with Crippen molar-refractivity contribution in [1.29, 1.82) is 0 Å². The van der Waals surface area contributed by atoms with E-state index in [4.69, 9.17) is 14.2 Å². The third-order valence-electron chi connectivity index (χ3n) is 4.42. The second kappa shape index (κ2) is 8.20. The molecule has 0 aromatic carbocycles. The van der Waals surface area contributed by atoms with Gasteiger partial charge in [-0.1, -0.05) is 6.92 Å². The van der Waals surface area contributed by atoms with Crippen LogP contribution in [0.15, 0.2) is 0 Å². The molecule has 4 heteroatoms. The van der Waals surface area contributed by atoms with Crippen molar-refractivity contribution < 1.29 is 14.2 Å². The Morgan fingerprint density at radius 2 is 2.11 bits per heavy atom. The Bertz CT molecular complexity index is 244. The number of hydrogen-bond donors (Lipinski definition) is 1. The van der Waals surface area contributed by atoms with E-state index < -0.39 is 0 Å². The van der Waals surface area contributed by atoms with Gasteiger partial charge in [-0.3, -0.25) is 0 Å². The Balaban J connectivity index is 1.74. The van der Waals surface area contributed by atoms with Gasteiger partial charge in [-0.2, -0.15) is 0 Å². The van der Waals surface area contributed by atoms with Crippen LogP contribution in [-0.2, 0) is 14.2 Å². The van der Waals surface area contributed by atoms with E-state index in [2.05, 4.69) is 12.2 Å². The van der Waals surface area contributed by atoms with Crippen LogP contribution in [0.5, 0.6) is 0 Å². The maximum atomic E-state index is 6.14. The van der Waals surface area contributed by atoms with Crippen LogP contribution in [-0.4, -0.2) is 51.7 Å². The average molecular weight is 271 g/mol. The van der Waals surface area contributed by atoms with E-state index in [0.29, 0.717) is 24.2 Å². The summed E-state index contributed by atoms with van der Waals surface area (Å²) in [6, 6.07) is 0.440. The van der Waals surface area contributed by atoms with Crippen LogP contribution in [0, 0.1) is 5.92 Å². The van der Waals surface area contributed by atoms with E-state index in [1.165, 1.54) is 19.3 Å².